The zero-order valence-corrected chi connectivity index (χ0v) is 25.1. The highest BCUT2D eigenvalue weighted by Crippen LogP contribution is 2.41. The molecule has 2 aliphatic heterocycles. The topological polar surface area (TPSA) is 238 Å². The standard InChI is InChI=1S/C27H22N6O9S3/c28-27-30-15(11-45-27)18(32-42-21(26(40)41)12-1-2-16(34)17(35)9-12)22(36)31-19-23(37)33-20(25(38)39)13(10-44-24(19)33)5-8-43-14-3-6-29-7-4-14/h1-9,11,19,21,24,34-35H,10H2,(H2,28,30)(H,31,36)(H,38,39)(H,40,41)/b8-5+,32-18-/t19-,21-,24+/m1/s1. The first kappa shape index (κ1) is 31.4. The number of phenols is 2. The Balaban J connectivity index is 1.35. The Hall–Kier alpha value is -5.07. The molecular formula is C27H22N6O9S3. The Morgan fingerprint density at radius 1 is 1.18 bits per heavy atom. The first-order chi connectivity index (χ1) is 21.5. The minimum atomic E-state index is -1.81. The Bertz CT molecular complexity index is 1760. The number of carbonyl (C=O) groups excluding carboxylic acids is 2. The minimum Gasteiger partial charge on any atom is -0.504 e. The van der Waals surface area contributed by atoms with E-state index in [1.54, 1.807) is 36.0 Å². The van der Waals surface area contributed by atoms with E-state index in [1.807, 2.05) is 0 Å². The summed E-state index contributed by atoms with van der Waals surface area (Å²) >= 11 is 3.57. The molecule has 0 bridgehead atoms. The van der Waals surface area contributed by atoms with Crippen molar-refractivity contribution in [2.75, 3.05) is 11.5 Å². The Morgan fingerprint density at radius 3 is 2.58 bits per heavy atom. The van der Waals surface area contributed by atoms with Crippen molar-refractivity contribution in [3.05, 3.63) is 82.1 Å². The van der Waals surface area contributed by atoms with Gasteiger partial charge < -0.3 is 36.3 Å². The molecule has 0 unspecified atom stereocenters. The smallest absolute Gasteiger partial charge is 0.352 e. The summed E-state index contributed by atoms with van der Waals surface area (Å²) in [5.41, 5.74) is 5.25. The van der Waals surface area contributed by atoms with Crippen LogP contribution in [-0.2, 0) is 24.0 Å². The third kappa shape index (κ3) is 6.71. The first-order valence-electron chi connectivity index (χ1n) is 12.7. The van der Waals surface area contributed by atoms with Gasteiger partial charge in [0.15, 0.2) is 22.3 Å². The number of benzene rings is 1. The van der Waals surface area contributed by atoms with E-state index in [9.17, 15) is 39.6 Å². The van der Waals surface area contributed by atoms with Crippen LogP contribution in [0.4, 0.5) is 5.13 Å². The number of hydrogen-bond donors (Lipinski definition) is 6. The summed E-state index contributed by atoms with van der Waals surface area (Å²) in [5.74, 6) is -5.32. The number of phenolic OH excluding ortho intramolecular Hbond substituents is 2. The number of carboxylic acids is 2. The number of aromatic hydroxyl groups is 2. The molecule has 2 aliphatic rings. The molecule has 0 spiro atoms. The molecule has 15 nitrogen and oxygen atoms in total. The van der Waals surface area contributed by atoms with Crippen molar-refractivity contribution in [2.45, 2.75) is 22.4 Å². The van der Waals surface area contributed by atoms with Gasteiger partial charge >= 0.3 is 11.9 Å². The summed E-state index contributed by atoms with van der Waals surface area (Å²) in [6.07, 6.45) is 3.07. The molecule has 0 radical (unpaired) electrons. The molecule has 18 heteroatoms. The number of pyridine rings is 1. The number of anilines is 1. The normalized spacial score (nSPS) is 18.7. The van der Waals surface area contributed by atoms with E-state index in [-0.39, 0.29) is 27.8 Å². The highest BCUT2D eigenvalue weighted by Gasteiger charge is 2.54. The maximum atomic E-state index is 13.4. The van der Waals surface area contributed by atoms with Gasteiger partial charge in [0.1, 0.15) is 22.8 Å². The number of nitrogen functional groups attached to an aromatic ring is 1. The van der Waals surface area contributed by atoms with Gasteiger partial charge in [-0.05, 0) is 41.3 Å². The molecule has 2 aromatic heterocycles. The van der Waals surface area contributed by atoms with Crippen LogP contribution in [0.3, 0.4) is 0 Å². The molecule has 0 aliphatic carbocycles. The molecular weight excluding hydrogens is 649 g/mol. The van der Waals surface area contributed by atoms with Crippen molar-refractivity contribution in [2.24, 2.45) is 5.16 Å². The second-order valence-electron chi connectivity index (χ2n) is 9.23. The highest BCUT2D eigenvalue weighted by atomic mass is 32.2. The average Bonchev–Trinajstić information content (AvgIpc) is 3.44. The van der Waals surface area contributed by atoms with Crippen molar-refractivity contribution < 1.29 is 44.4 Å². The van der Waals surface area contributed by atoms with E-state index in [0.29, 0.717) is 5.57 Å². The van der Waals surface area contributed by atoms with Gasteiger partial charge in [-0.3, -0.25) is 19.5 Å². The van der Waals surface area contributed by atoms with Crippen LogP contribution in [-0.4, -0.2) is 81.9 Å². The lowest BCUT2D eigenvalue weighted by atomic mass is 10.0. The molecule has 1 aromatic carbocycles. The quantitative estimate of drug-likeness (QED) is 0.0564. The van der Waals surface area contributed by atoms with Crippen LogP contribution in [0.25, 0.3) is 0 Å². The molecule has 232 valence electrons. The third-order valence-electron chi connectivity index (χ3n) is 6.37. The number of β-lactam (4-membered cyclic amide) rings is 1. The van der Waals surface area contributed by atoms with Crippen LogP contribution in [0.15, 0.2) is 80.9 Å². The van der Waals surface area contributed by atoms with E-state index in [0.717, 1.165) is 33.3 Å². The number of nitrogens with zero attached hydrogens (tertiary/aromatic N) is 4. The average molecular weight is 671 g/mol. The molecule has 1 saturated heterocycles. The number of aliphatic carboxylic acids is 2. The molecule has 3 aromatic rings. The number of rotatable bonds is 11. The molecule has 5 rings (SSSR count). The third-order valence-corrected chi connectivity index (χ3v) is 9.16. The second kappa shape index (κ2) is 13.3. The summed E-state index contributed by atoms with van der Waals surface area (Å²) in [5, 5.41) is 47.6. The van der Waals surface area contributed by atoms with Crippen molar-refractivity contribution in [3.8, 4) is 11.5 Å². The fourth-order valence-corrected chi connectivity index (χ4v) is 6.79. The van der Waals surface area contributed by atoms with Gasteiger partial charge in [-0.1, -0.05) is 23.0 Å². The predicted molar refractivity (Wildman–Crippen MR) is 163 cm³/mol. The van der Waals surface area contributed by atoms with E-state index in [4.69, 9.17) is 10.6 Å². The SMILES string of the molecule is Nc1nc(/C(=N/O[C@@H](C(=O)O)c2ccc(O)c(O)c2)C(=O)N[C@@H]2C(=O)N3C(C(=O)O)=C(/C=C/Sc4ccncc4)CS[C@@H]23)cs1. The van der Waals surface area contributed by atoms with Gasteiger partial charge in [-0.2, -0.15) is 0 Å². The van der Waals surface area contributed by atoms with Gasteiger partial charge in [0.05, 0.1) is 0 Å². The van der Waals surface area contributed by atoms with Crippen LogP contribution in [0.5, 0.6) is 11.5 Å². The minimum absolute atomic E-state index is 0.0661. The van der Waals surface area contributed by atoms with E-state index in [1.165, 1.54) is 35.0 Å². The maximum absolute atomic E-state index is 13.4. The number of carboxylic acid groups (broad SMARTS) is 2. The van der Waals surface area contributed by atoms with Gasteiger partial charge in [0.2, 0.25) is 6.10 Å². The molecule has 2 amide bonds. The number of oxime groups is 1. The van der Waals surface area contributed by atoms with E-state index in [2.05, 4.69) is 20.4 Å². The van der Waals surface area contributed by atoms with Gasteiger partial charge in [-0.15, -0.1) is 23.1 Å². The Kier molecular flexibility index (Phi) is 9.26. The van der Waals surface area contributed by atoms with Crippen molar-refractivity contribution in [1.29, 1.82) is 0 Å². The molecule has 0 saturated carbocycles. The van der Waals surface area contributed by atoms with E-state index >= 15 is 0 Å². The number of fused-ring (bicyclic) bond motifs is 1. The number of nitrogens with two attached hydrogens (primary N) is 1. The molecule has 4 heterocycles. The Morgan fingerprint density at radius 2 is 1.93 bits per heavy atom. The number of thiazole rings is 1. The highest BCUT2D eigenvalue weighted by molar-refractivity contribution is 8.02. The molecule has 3 atom stereocenters. The fourth-order valence-electron chi connectivity index (χ4n) is 4.25. The van der Waals surface area contributed by atoms with Crippen LogP contribution in [0, 0.1) is 0 Å². The summed E-state index contributed by atoms with van der Waals surface area (Å²) in [4.78, 5) is 65.8. The summed E-state index contributed by atoms with van der Waals surface area (Å²) < 4.78 is 0. The number of aromatic nitrogens is 2. The maximum Gasteiger partial charge on any atom is 0.352 e. The lowest BCUT2D eigenvalue weighted by Crippen LogP contribution is -2.71. The van der Waals surface area contributed by atoms with Crippen LogP contribution >= 0.6 is 34.9 Å². The van der Waals surface area contributed by atoms with Crippen LogP contribution in [0.2, 0.25) is 0 Å². The number of hydrogen-bond acceptors (Lipinski definition) is 14. The predicted octanol–water partition coefficient (Wildman–Crippen LogP) is 2.12. The monoisotopic (exact) mass is 670 g/mol. The van der Waals surface area contributed by atoms with Gasteiger partial charge in [-0.25, -0.2) is 14.6 Å². The zero-order valence-electron chi connectivity index (χ0n) is 22.6. The van der Waals surface area contributed by atoms with Crippen molar-refractivity contribution in [1.82, 2.24) is 20.2 Å². The van der Waals surface area contributed by atoms with Gasteiger partial charge in [0.25, 0.3) is 11.8 Å². The fraction of sp³-hybridized carbons (Fsp3) is 0.148. The van der Waals surface area contributed by atoms with Crippen LogP contribution < -0.4 is 11.1 Å². The zero-order chi connectivity index (χ0) is 32.2. The summed E-state index contributed by atoms with van der Waals surface area (Å²) in [7, 11) is 0. The molecule has 7 N–H and O–H groups in total. The summed E-state index contributed by atoms with van der Waals surface area (Å²) in [6, 6.07) is 5.64. The number of carbonyl (C=O) groups is 4. The largest absolute Gasteiger partial charge is 0.504 e. The number of nitrogens with one attached hydrogen (secondary N) is 1. The van der Waals surface area contributed by atoms with Crippen molar-refractivity contribution >= 4 is 69.5 Å². The number of thioether (sulfide) groups is 2. The van der Waals surface area contributed by atoms with Crippen LogP contribution in [0.1, 0.15) is 17.4 Å². The lowest BCUT2D eigenvalue weighted by molar-refractivity contribution is -0.151. The molecule has 45 heavy (non-hydrogen) atoms. The Labute approximate surface area is 266 Å². The first-order valence-corrected chi connectivity index (χ1v) is 15.5. The number of allylic oxidation sites excluding steroid dienone is 1. The lowest BCUT2D eigenvalue weighted by Gasteiger charge is -2.49. The van der Waals surface area contributed by atoms with Crippen molar-refractivity contribution in [3.63, 3.8) is 0 Å². The van der Waals surface area contributed by atoms with Gasteiger partial charge in [0, 0.05) is 34.0 Å². The second-order valence-corrected chi connectivity index (χ2v) is 12.2. The molecule has 1 fully saturated rings. The summed E-state index contributed by atoms with van der Waals surface area (Å²) in [6.45, 7) is 0. The van der Waals surface area contributed by atoms with E-state index < -0.39 is 58.5 Å². The number of amides is 2.